The van der Waals surface area contributed by atoms with Crippen molar-refractivity contribution in [1.29, 1.82) is 0 Å². The Bertz CT molecular complexity index is 860. The van der Waals surface area contributed by atoms with Gasteiger partial charge in [-0.2, -0.15) is 0 Å². The SMILES string of the molecule is COC(=O)C[C@@H](Cc1ccccn1)C(=O)N1CCC[C@@](N)(Cc2ccc(Cl)cc2)C1. The molecule has 2 aromatic rings. The van der Waals surface area contributed by atoms with Crippen LogP contribution < -0.4 is 5.73 Å². The van der Waals surface area contributed by atoms with Gasteiger partial charge < -0.3 is 15.4 Å². The average Bonchev–Trinajstić information content (AvgIpc) is 2.75. The van der Waals surface area contributed by atoms with Gasteiger partial charge in [0, 0.05) is 42.0 Å². The highest BCUT2D eigenvalue weighted by Crippen LogP contribution is 2.26. The highest BCUT2D eigenvalue weighted by Gasteiger charge is 2.36. The second-order valence-electron chi connectivity index (χ2n) is 8.03. The summed E-state index contributed by atoms with van der Waals surface area (Å²) >= 11 is 5.98. The number of carbonyl (C=O) groups excluding carboxylic acids is 2. The number of likely N-dealkylation sites (tertiary alicyclic amines) is 1. The van der Waals surface area contributed by atoms with Gasteiger partial charge in [0.05, 0.1) is 19.4 Å². The first-order chi connectivity index (χ1) is 14.4. The van der Waals surface area contributed by atoms with Gasteiger partial charge in [-0.15, -0.1) is 0 Å². The number of amides is 1. The molecule has 1 aliphatic heterocycles. The van der Waals surface area contributed by atoms with Gasteiger partial charge in [-0.3, -0.25) is 14.6 Å². The van der Waals surface area contributed by atoms with Gasteiger partial charge in [0.1, 0.15) is 0 Å². The van der Waals surface area contributed by atoms with Crippen molar-refractivity contribution in [3.8, 4) is 0 Å². The monoisotopic (exact) mass is 429 g/mol. The zero-order valence-electron chi connectivity index (χ0n) is 17.2. The molecule has 2 atom stereocenters. The van der Waals surface area contributed by atoms with Crippen LogP contribution in [0.3, 0.4) is 0 Å². The van der Waals surface area contributed by atoms with E-state index in [4.69, 9.17) is 22.1 Å². The van der Waals surface area contributed by atoms with Gasteiger partial charge in [0.2, 0.25) is 5.91 Å². The molecule has 0 radical (unpaired) electrons. The normalized spacial score (nSPS) is 19.9. The van der Waals surface area contributed by atoms with Crippen LogP contribution in [0, 0.1) is 5.92 Å². The van der Waals surface area contributed by atoms with Crippen molar-refractivity contribution in [2.75, 3.05) is 20.2 Å². The number of pyridine rings is 1. The maximum Gasteiger partial charge on any atom is 0.306 e. The van der Waals surface area contributed by atoms with Crippen molar-refractivity contribution >= 4 is 23.5 Å². The Kier molecular flexibility index (Phi) is 7.45. The van der Waals surface area contributed by atoms with Gasteiger partial charge in [-0.25, -0.2) is 0 Å². The largest absolute Gasteiger partial charge is 0.469 e. The number of nitrogens with zero attached hydrogens (tertiary/aromatic N) is 2. The van der Waals surface area contributed by atoms with E-state index in [0.29, 0.717) is 31.0 Å². The number of halogens is 1. The van der Waals surface area contributed by atoms with Gasteiger partial charge in [0.25, 0.3) is 0 Å². The summed E-state index contributed by atoms with van der Waals surface area (Å²) < 4.78 is 4.82. The number of esters is 1. The second-order valence-corrected chi connectivity index (χ2v) is 8.47. The van der Waals surface area contributed by atoms with Crippen molar-refractivity contribution in [1.82, 2.24) is 9.88 Å². The topological polar surface area (TPSA) is 85.5 Å². The van der Waals surface area contributed by atoms with Crippen LogP contribution in [0.15, 0.2) is 48.7 Å². The Morgan fingerprint density at radius 2 is 2.03 bits per heavy atom. The lowest BCUT2D eigenvalue weighted by atomic mass is 9.83. The van der Waals surface area contributed by atoms with Crippen LogP contribution in [0.1, 0.15) is 30.5 Å². The number of nitrogens with two attached hydrogens (primary N) is 1. The van der Waals surface area contributed by atoms with Crippen LogP contribution in [-0.2, 0) is 27.2 Å². The van der Waals surface area contributed by atoms with Crippen LogP contribution in [0.2, 0.25) is 5.02 Å². The Labute approximate surface area is 182 Å². The molecule has 0 bridgehead atoms. The van der Waals surface area contributed by atoms with E-state index in [1.165, 1.54) is 7.11 Å². The zero-order valence-corrected chi connectivity index (χ0v) is 18.0. The Balaban J connectivity index is 1.72. The fourth-order valence-corrected chi connectivity index (χ4v) is 4.19. The van der Waals surface area contributed by atoms with Gasteiger partial charge in [-0.1, -0.05) is 29.8 Å². The van der Waals surface area contributed by atoms with E-state index in [0.717, 1.165) is 24.1 Å². The molecule has 2 N–H and O–H groups in total. The van der Waals surface area contributed by atoms with E-state index in [2.05, 4.69) is 4.98 Å². The van der Waals surface area contributed by atoms with Crippen LogP contribution in [0.25, 0.3) is 0 Å². The number of methoxy groups -OCH3 is 1. The highest BCUT2D eigenvalue weighted by molar-refractivity contribution is 6.30. The first-order valence-corrected chi connectivity index (χ1v) is 10.6. The van der Waals surface area contributed by atoms with Crippen molar-refractivity contribution in [3.63, 3.8) is 0 Å². The summed E-state index contributed by atoms with van der Waals surface area (Å²) in [5, 5.41) is 0.686. The van der Waals surface area contributed by atoms with Crippen LogP contribution in [0.4, 0.5) is 0 Å². The predicted molar refractivity (Wildman–Crippen MR) is 116 cm³/mol. The molecular formula is C23H28ClN3O3. The number of aromatic nitrogens is 1. The van der Waals surface area contributed by atoms with Crippen molar-refractivity contribution < 1.29 is 14.3 Å². The molecule has 1 aromatic carbocycles. The third kappa shape index (κ3) is 6.03. The molecule has 1 fully saturated rings. The van der Waals surface area contributed by atoms with Gasteiger partial charge >= 0.3 is 5.97 Å². The average molecular weight is 430 g/mol. The van der Waals surface area contributed by atoms with E-state index >= 15 is 0 Å². The molecule has 0 aliphatic carbocycles. The first-order valence-electron chi connectivity index (χ1n) is 10.2. The van der Waals surface area contributed by atoms with Crippen LogP contribution >= 0.6 is 11.6 Å². The zero-order chi connectivity index (χ0) is 21.6. The third-order valence-corrected chi connectivity index (χ3v) is 5.81. The third-order valence-electron chi connectivity index (χ3n) is 5.56. The minimum Gasteiger partial charge on any atom is -0.469 e. The smallest absolute Gasteiger partial charge is 0.306 e. The van der Waals surface area contributed by atoms with Crippen molar-refractivity contribution in [2.24, 2.45) is 11.7 Å². The van der Waals surface area contributed by atoms with Crippen LogP contribution in [-0.4, -0.2) is 47.5 Å². The van der Waals surface area contributed by atoms with E-state index in [1.807, 2.05) is 42.5 Å². The summed E-state index contributed by atoms with van der Waals surface area (Å²) in [6.07, 6.45) is 4.42. The number of benzene rings is 1. The molecule has 1 aromatic heterocycles. The van der Waals surface area contributed by atoms with Crippen LogP contribution in [0.5, 0.6) is 0 Å². The second kappa shape index (κ2) is 10.0. The summed E-state index contributed by atoms with van der Waals surface area (Å²) in [5.74, 6) is -0.997. The predicted octanol–water partition coefficient (Wildman–Crippen LogP) is 3.02. The number of carbonyl (C=O) groups is 2. The number of piperidine rings is 1. The maximum absolute atomic E-state index is 13.4. The standard InChI is InChI=1S/C23H28ClN3O3/c1-30-21(28)14-18(13-20-5-2-3-11-26-20)22(29)27-12-4-10-23(25,16-27)15-17-6-8-19(24)9-7-17/h2-3,5-9,11,18H,4,10,12-16,25H2,1H3/t18-,23-/m1/s1. The molecule has 6 nitrogen and oxygen atoms in total. The molecular weight excluding hydrogens is 402 g/mol. The molecule has 30 heavy (non-hydrogen) atoms. The molecule has 1 saturated heterocycles. The molecule has 7 heteroatoms. The summed E-state index contributed by atoms with van der Waals surface area (Å²) in [5.41, 5.74) is 8.06. The molecule has 1 amide bonds. The minimum atomic E-state index is -0.523. The Morgan fingerprint density at radius 1 is 1.27 bits per heavy atom. The molecule has 3 rings (SSSR count). The molecule has 0 unspecified atom stereocenters. The van der Waals surface area contributed by atoms with Crippen molar-refractivity contribution in [2.45, 2.75) is 37.6 Å². The first kappa shape index (κ1) is 22.2. The Morgan fingerprint density at radius 3 is 2.70 bits per heavy atom. The molecule has 2 heterocycles. The number of hydrogen-bond acceptors (Lipinski definition) is 5. The number of ether oxygens (including phenoxy) is 1. The van der Waals surface area contributed by atoms with Crippen molar-refractivity contribution in [3.05, 3.63) is 64.9 Å². The highest BCUT2D eigenvalue weighted by atomic mass is 35.5. The molecule has 0 spiro atoms. The minimum absolute atomic E-state index is 0.0250. The lowest BCUT2D eigenvalue weighted by Crippen LogP contribution is -2.58. The van der Waals surface area contributed by atoms with Gasteiger partial charge in [0.15, 0.2) is 0 Å². The summed E-state index contributed by atoms with van der Waals surface area (Å²) in [6.45, 7) is 1.09. The summed E-state index contributed by atoms with van der Waals surface area (Å²) in [7, 11) is 1.34. The van der Waals surface area contributed by atoms with E-state index in [-0.39, 0.29) is 12.3 Å². The van der Waals surface area contributed by atoms with Gasteiger partial charge in [-0.05, 0) is 49.1 Å². The number of rotatable bonds is 7. The van der Waals surface area contributed by atoms with E-state index in [9.17, 15) is 9.59 Å². The summed E-state index contributed by atoms with van der Waals surface area (Å²) in [4.78, 5) is 31.4. The quantitative estimate of drug-likeness (QED) is 0.684. The lowest BCUT2D eigenvalue weighted by molar-refractivity contribution is -0.147. The fourth-order valence-electron chi connectivity index (χ4n) is 4.06. The molecule has 160 valence electrons. The summed E-state index contributed by atoms with van der Waals surface area (Å²) in [6, 6.07) is 13.2. The van der Waals surface area contributed by atoms with E-state index in [1.54, 1.807) is 11.1 Å². The Hall–Kier alpha value is -2.44. The fraction of sp³-hybridized carbons (Fsp3) is 0.435. The van der Waals surface area contributed by atoms with E-state index < -0.39 is 17.4 Å². The molecule has 0 saturated carbocycles. The maximum atomic E-state index is 13.4. The lowest BCUT2D eigenvalue weighted by Gasteiger charge is -2.41. The number of hydrogen-bond donors (Lipinski definition) is 1. The molecule has 1 aliphatic rings.